The Labute approximate surface area is 235 Å². The molecule has 0 aromatic heterocycles. The minimum absolute atomic E-state index is 0.224. The van der Waals surface area contributed by atoms with Gasteiger partial charge in [0.2, 0.25) is 0 Å². The van der Waals surface area contributed by atoms with Crippen molar-refractivity contribution in [2.45, 2.75) is 65.5 Å². The first-order valence-corrected chi connectivity index (χ1v) is 15.6. The van der Waals surface area contributed by atoms with Crippen LogP contribution in [0.5, 0.6) is 5.75 Å². The lowest BCUT2D eigenvalue weighted by Crippen LogP contribution is -2.69. The van der Waals surface area contributed by atoms with Gasteiger partial charge < -0.3 is 18.6 Å². The Bertz CT molecular complexity index is 1130. The van der Waals surface area contributed by atoms with E-state index >= 15 is 0 Å². The van der Waals surface area contributed by atoms with Crippen LogP contribution in [0, 0.1) is 0 Å². The number of carbonyl (C=O) groups is 1. The van der Waals surface area contributed by atoms with Crippen LogP contribution in [0.4, 0.5) is 4.79 Å². The molecule has 0 heterocycles. The highest BCUT2D eigenvalue weighted by Gasteiger charge is 2.52. The average Bonchev–Trinajstić information content (AvgIpc) is 2.94. The Balaban J connectivity index is 2.12. The van der Waals surface area contributed by atoms with Gasteiger partial charge in [0, 0.05) is 12.2 Å². The molecule has 1 unspecified atom stereocenters. The van der Waals surface area contributed by atoms with Crippen LogP contribution in [-0.2, 0) is 20.4 Å². The molecule has 1 amide bonds. The van der Waals surface area contributed by atoms with E-state index < -0.39 is 26.7 Å². The zero-order chi connectivity index (χ0) is 28.5. The third kappa shape index (κ3) is 6.90. The maximum Gasteiger partial charge on any atom is 0.412 e. The molecule has 0 radical (unpaired) electrons. The summed E-state index contributed by atoms with van der Waals surface area (Å²) in [5.74, 6) is 0.697. The number of ether oxygens (including phenoxy) is 3. The lowest BCUT2D eigenvalue weighted by Gasteiger charge is -2.46. The first kappa shape index (κ1) is 30.4. The summed E-state index contributed by atoms with van der Waals surface area (Å²) in [6.45, 7) is 13.3. The highest BCUT2D eigenvalue weighted by Crippen LogP contribution is 2.38. The number of benzene rings is 3. The van der Waals surface area contributed by atoms with Crippen molar-refractivity contribution in [3.63, 3.8) is 0 Å². The molecule has 0 aliphatic heterocycles. The van der Waals surface area contributed by atoms with Gasteiger partial charge >= 0.3 is 6.09 Å². The van der Waals surface area contributed by atoms with E-state index in [1.165, 1.54) is 10.4 Å². The molecule has 0 saturated carbocycles. The zero-order valence-electron chi connectivity index (χ0n) is 24.3. The Morgan fingerprint density at radius 3 is 1.87 bits per heavy atom. The van der Waals surface area contributed by atoms with Gasteiger partial charge in [0.1, 0.15) is 5.75 Å². The van der Waals surface area contributed by atoms with Crippen molar-refractivity contribution in [2.75, 3.05) is 20.3 Å². The summed E-state index contributed by atoms with van der Waals surface area (Å²) >= 11 is 0. The molecule has 3 aromatic carbocycles. The fraction of sp³-hybridized carbons (Fsp3) is 0.406. The SMILES string of the molecule is CCOC(=O)N(Cc1ccccc1OC)C(OCC)[C@H](C)O[Si](c1ccccc1)(c1ccccc1)C(C)(C)C. The van der Waals surface area contributed by atoms with Crippen molar-refractivity contribution in [1.29, 1.82) is 0 Å². The maximum atomic E-state index is 13.4. The molecule has 0 N–H and O–H groups in total. The molecule has 6 nitrogen and oxygen atoms in total. The summed E-state index contributed by atoms with van der Waals surface area (Å²) in [7, 11) is -1.27. The van der Waals surface area contributed by atoms with Crippen LogP contribution in [-0.4, -0.2) is 52.0 Å². The molecule has 3 aromatic rings. The predicted octanol–water partition coefficient (Wildman–Crippen LogP) is 5.98. The predicted molar refractivity (Wildman–Crippen MR) is 159 cm³/mol. The molecule has 39 heavy (non-hydrogen) atoms. The van der Waals surface area contributed by atoms with E-state index in [1.807, 2.05) is 50.2 Å². The number of carbonyl (C=O) groups excluding carboxylic acids is 1. The summed E-state index contributed by atoms with van der Waals surface area (Å²) in [5.41, 5.74) is 0.857. The Kier molecular flexibility index (Phi) is 10.7. The molecular weight excluding hydrogens is 506 g/mol. The summed E-state index contributed by atoms with van der Waals surface area (Å²) < 4.78 is 24.7. The lowest BCUT2D eigenvalue weighted by atomic mass is 10.1. The second kappa shape index (κ2) is 13.8. The van der Waals surface area contributed by atoms with Gasteiger partial charge in [-0.15, -0.1) is 0 Å². The van der Waals surface area contributed by atoms with Gasteiger partial charge in [-0.05, 0) is 42.2 Å². The number of amides is 1. The topological polar surface area (TPSA) is 57.2 Å². The van der Waals surface area contributed by atoms with E-state index in [0.717, 1.165) is 5.56 Å². The normalized spacial score (nSPS) is 13.4. The standard InChI is InChI=1S/C32H43NO5Si/c1-8-36-30(33(31(34)37-9-2)24-26-18-16-17-23-29(26)35-7)25(3)38-39(32(4,5)6,27-19-12-10-13-20-27)28-21-14-11-15-22-28/h10-23,25,30H,8-9,24H2,1-7H3/t25-,30?/m0/s1. The van der Waals surface area contributed by atoms with Gasteiger partial charge in [-0.1, -0.05) is 99.6 Å². The van der Waals surface area contributed by atoms with E-state index in [0.29, 0.717) is 12.4 Å². The summed E-state index contributed by atoms with van der Waals surface area (Å²) in [6, 6.07) is 28.6. The molecule has 0 fully saturated rings. The Hall–Kier alpha value is -3.13. The van der Waals surface area contributed by atoms with Crippen LogP contribution in [0.1, 0.15) is 47.1 Å². The van der Waals surface area contributed by atoms with Gasteiger partial charge in [-0.2, -0.15) is 0 Å². The molecule has 7 heteroatoms. The van der Waals surface area contributed by atoms with E-state index in [2.05, 4.69) is 69.3 Å². The number of hydrogen-bond acceptors (Lipinski definition) is 5. The summed E-state index contributed by atoms with van der Waals surface area (Å²) in [6.07, 6.45) is -1.63. The molecule has 210 valence electrons. The molecule has 3 rings (SSSR count). The fourth-order valence-corrected chi connectivity index (χ4v) is 9.85. The number of para-hydroxylation sites is 1. The molecule has 0 spiro atoms. The first-order chi connectivity index (χ1) is 18.7. The van der Waals surface area contributed by atoms with Crippen molar-refractivity contribution < 1.29 is 23.4 Å². The van der Waals surface area contributed by atoms with Crippen molar-refractivity contribution in [1.82, 2.24) is 4.90 Å². The van der Waals surface area contributed by atoms with Crippen molar-refractivity contribution in [3.8, 4) is 5.75 Å². The van der Waals surface area contributed by atoms with Crippen LogP contribution in [0.25, 0.3) is 0 Å². The van der Waals surface area contributed by atoms with E-state index in [4.69, 9.17) is 18.6 Å². The molecule has 2 atom stereocenters. The number of hydrogen-bond donors (Lipinski definition) is 0. The quantitative estimate of drug-likeness (QED) is 0.205. The molecule has 0 aliphatic carbocycles. The first-order valence-electron chi connectivity index (χ1n) is 13.6. The van der Waals surface area contributed by atoms with E-state index in [-0.39, 0.29) is 18.2 Å². The van der Waals surface area contributed by atoms with Gasteiger partial charge in [-0.3, -0.25) is 4.90 Å². The highest BCUT2D eigenvalue weighted by atomic mass is 28.4. The third-order valence-corrected chi connectivity index (χ3v) is 12.0. The lowest BCUT2D eigenvalue weighted by molar-refractivity contribution is -0.105. The van der Waals surface area contributed by atoms with Gasteiger partial charge in [0.05, 0.1) is 26.4 Å². The minimum atomic E-state index is -2.90. The van der Waals surface area contributed by atoms with E-state index in [1.54, 1.807) is 18.9 Å². The van der Waals surface area contributed by atoms with Crippen LogP contribution in [0.2, 0.25) is 5.04 Å². The molecule has 0 bridgehead atoms. The van der Waals surface area contributed by atoms with Crippen LogP contribution < -0.4 is 15.1 Å². The Morgan fingerprint density at radius 1 is 0.846 bits per heavy atom. The highest BCUT2D eigenvalue weighted by molar-refractivity contribution is 6.99. The number of nitrogens with zero attached hydrogens (tertiary/aromatic N) is 1. The maximum absolute atomic E-state index is 13.4. The van der Waals surface area contributed by atoms with Crippen LogP contribution >= 0.6 is 0 Å². The number of rotatable bonds is 12. The van der Waals surface area contributed by atoms with Crippen molar-refractivity contribution >= 4 is 24.8 Å². The Morgan fingerprint density at radius 2 is 1.38 bits per heavy atom. The van der Waals surface area contributed by atoms with Gasteiger partial charge in [0.15, 0.2) is 6.23 Å². The molecule has 0 saturated heterocycles. The smallest absolute Gasteiger partial charge is 0.412 e. The van der Waals surface area contributed by atoms with Gasteiger partial charge in [-0.25, -0.2) is 4.79 Å². The second-order valence-corrected chi connectivity index (χ2v) is 14.7. The molecule has 0 aliphatic rings. The minimum Gasteiger partial charge on any atom is -0.496 e. The van der Waals surface area contributed by atoms with Crippen LogP contribution in [0.15, 0.2) is 84.9 Å². The van der Waals surface area contributed by atoms with Crippen LogP contribution in [0.3, 0.4) is 0 Å². The summed E-state index contributed by atoms with van der Waals surface area (Å²) in [5, 5.41) is 2.11. The largest absolute Gasteiger partial charge is 0.496 e. The molecular formula is C32H43NO5Si. The zero-order valence-corrected chi connectivity index (χ0v) is 25.3. The summed E-state index contributed by atoms with van der Waals surface area (Å²) in [4.78, 5) is 15.0. The van der Waals surface area contributed by atoms with Gasteiger partial charge in [0.25, 0.3) is 8.32 Å². The fourth-order valence-electron chi connectivity index (χ4n) is 5.16. The monoisotopic (exact) mass is 549 g/mol. The van der Waals surface area contributed by atoms with Crippen molar-refractivity contribution in [3.05, 3.63) is 90.5 Å². The van der Waals surface area contributed by atoms with E-state index in [9.17, 15) is 4.79 Å². The second-order valence-electron chi connectivity index (χ2n) is 10.5. The third-order valence-electron chi connectivity index (χ3n) is 6.86. The average molecular weight is 550 g/mol. The number of methoxy groups -OCH3 is 1. The van der Waals surface area contributed by atoms with Crippen molar-refractivity contribution in [2.24, 2.45) is 0 Å².